The van der Waals surface area contributed by atoms with Crippen LogP contribution in [0.3, 0.4) is 0 Å². The average molecular weight is 354 g/mol. The summed E-state index contributed by atoms with van der Waals surface area (Å²) in [5, 5.41) is 9.14. The summed E-state index contributed by atoms with van der Waals surface area (Å²) in [5.74, 6) is -1.22. The molecule has 1 aromatic heterocycles. The Labute approximate surface area is 152 Å². The van der Waals surface area contributed by atoms with E-state index >= 15 is 0 Å². The van der Waals surface area contributed by atoms with Crippen molar-refractivity contribution in [3.63, 3.8) is 0 Å². The average Bonchev–Trinajstić information content (AvgIpc) is 3.34. The molecule has 6 nitrogen and oxygen atoms in total. The zero-order chi connectivity index (χ0) is 18.3. The summed E-state index contributed by atoms with van der Waals surface area (Å²) >= 11 is 0. The van der Waals surface area contributed by atoms with Gasteiger partial charge in [-0.05, 0) is 37.5 Å². The van der Waals surface area contributed by atoms with Crippen molar-refractivity contribution >= 4 is 17.6 Å². The summed E-state index contributed by atoms with van der Waals surface area (Å²) in [6.07, 6.45) is 3.03. The minimum atomic E-state index is -0.845. The number of amides is 1. The van der Waals surface area contributed by atoms with Gasteiger partial charge in [-0.25, -0.2) is 0 Å². The van der Waals surface area contributed by atoms with Crippen LogP contribution in [-0.2, 0) is 17.8 Å². The lowest BCUT2D eigenvalue weighted by Crippen LogP contribution is -2.32. The number of nitrogens with zero attached hydrogens (tertiary/aromatic N) is 2. The van der Waals surface area contributed by atoms with E-state index in [1.54, 1.807) is 11.2 Å². The number of fused-ring (bicyclic) bond motifs is 1. The van der Waals surface area contributed by atoms with Crippen LogP contribution in [0.4, 0.5) is 5.69 Å². The number of carbonyl (C=O) groups excluding carboxylic acids is 1. The zero-order valence-corrected chi connectivity index (χ0v) is 14.7. The number of aliphatic carboxylic acids is 1. The molecule has 1 aromatic carbocycles. The molecule has 2 aromatic rings. The van der Waals surface area contributed by atoms with E-state index in [1.807, 2.05) is 18.2 Å². The lowest BCUT2D eigenvalue weighted by molar-refractivity contribution is -0.141. The van der Waals surface area contributed by atoms with Crippen LogP contribution >= 0.6 is 0 Å². The Bertz CT molecular complexity index is 844. The minimum Gasteiger partial charge on any atom is -0.481 e. The molecule has 0 radical (unpaired) electrons. The van der Waals surface area contributed by atoms with Crippen LogP contribution in [-0.4, -0.2) is 41.0 Å². The number of furan rings is 1. The number of para-hydroxylation sites is 1. The summed E-state index contributed by atoms with van der Waals surface area (Å²) in [6.45, 7) is 3.49. The van der Waals surface area contributed by atoms with E-state index in [0.29, 0.717) is 31.3 Å². The maximum absolute atomic E-state index is 12.8. The molecule has 2 unspecified atom stereocenters. The van der Waals surface area contributed by atoms with Gasteiger partial charge in [-0.1, -0.05) is 18.2 Å². The van der Waals surface area contributed by atoms with Crippen molar-refractivity contribution in [1.82, 2.24) is 4.90 Å². The standard InChI is InChI=1S/C20H22N2O4/c1-13-10-14-4-2-3-5-17(14)22(13)12-15-7-9-26-18(15)19(23)21-8-6-16(11-21)20(24)25/h2-5,7,9,13,16H,6,8,10-12H2,1H3,(H,24,25). The highest BCUT2D eigenvalue weighted by Gasteiger charge is 2.34. The van der Waals surface area contributed by atoms with Gasteiger partial charge < -0.3 is 19.3 Å². The Morgan fingerprint density at radius 1 is 1.27 bits per heavy atom. The van der Waals surface area contributed by atoms with Crippen molar-refractivity contribution in [2.75, 3.05) is 18.0 Å². The van der Waals surface area contributed by atoms with Crippen LogP contribution in [0.1, 0.15) is 35.0 Å². The molecule has 1 saturated heterocycles. The zero-order valence-electron chi connectivity index (χ0n) is 14.7. The number of anilines is 1. The molecule has 3 heterocycles. The van der Waals surface area contributed by atoms with E-state index in [4.69, 9.17) is 9.52 Å². The first-order valence-electron chi connectivity index (χ1n) is 8.97. The topological polar surface area (TPSA) is 74.0 Å². The van der Waals surface area contributed by atoms with Crippen LogP contribution in [0.15, 0.2) is 41.0 Å². The Hall–Kier alpha value is -2.76. The number of likely N-dealkylation sites (tertiary alicyclic amines) is 1. The highest BCUT2D eigenvalue weighted by molar-refractivity contribution is 5.93. The molecule has 26 heavy (non-hydrogen) atoms. The fourth-order valence-electron chi connectivity index (χ4n) is 3.99. The van der Waals surface area contributed by atoms with Gasteiger partial charge in [0.25, 0.3) is 5.91 Å². The number of benzene rings is 1. The third-order valence-corrected chi connectivity index (χ3v) is 5.45. The van der Waals surface area contributed by atoms with Crippen LogP contribution in [0.2, 0.25) is 0 Å². The van der Waals surface area contributed by atoms with Gasteiger partial charge in [-0.3, -0.25) is 9.59 Å². The fourth-order valence-corrected chi connectivity index (χ4v) is 3.99. The van der Waals surface area contributed by atoms with Crippen molar-refractivity contribution in [2.24, 2.45) is 5.92 Å². The highest BCUT2D eigenvalue weighted by atomic mass is 16.4. The fraction of sp³-hybridized carbons (Fsp3) is 0.400. The van der Waals surface area contributed by atoms with Crippen LogP contribution in [0.5, 0.6) is 0 Å². The van der Waals surface area contributed by atoms with Crippen molar-refractivity contribution < 1.29 is 19.1 Å². The molecule has 4 rings (SSSR count). The summed E-state index contributed by atoms with van der Waals surface area (Å²) in [5.41, 5.74) is 3.37. The number of carboxylic acid groups (broad SMARTS) is 1. The predicted molar refractivity (Wildman–Crippen MR) is 96.1 cm³/mol. The van der Waals surface area contributed by atoms with E-state index in [1.165, 1.54) is 11.3 Å². The molecular weight excluding hydrogens is 332 g/mol. The maximum Gasteiger partial charge on any atom is 0.308 e. The molecule has 0 saturated carbocycles. The normalized spacial score (nSPS) is 21.9. The van der Waals surface area contributed by atoms with Crippen molar-refractivity contribution in [3.05, 3.63) is 53.5 Å². The molecule has 6 heteroatoms. The first-order chi connectivity index (χ1) is 12.5. The van der Waals surface area contributed by atoms with E-state index in [9.17, 15) is 9.59 Å². The highest BCUT2D eigenvalue weighted by Crippen LogP contribution is 2.34. The number of carbonyl (C=O) groups is 2. The van der Waals surface area contributed by atoms with Gasteiger partial charge in [-0.2, -0.15) is 0 Å². The molecule has 0 aliphatic carbocycles. The third-order valence-electron chi connectivity index (χ3n) is 5.45. The van der Waals surface area contributed by atoms with Crippen molar-refractivity contribution in [2.45, 2.75) is 32.4 Å². The molecule has 136 valence electrons. The lowest BCUT2D eigenvalue weighted by atomic mass is 10.1. The Morgan fingerprint density at radius 2 is 2.08 bits per heavy atom. The van der Waals surface area contributed by atoms with Crippen LogP contribution in [0.25, 0.3) is 0 Å². The molecule has 2 aliphatic heterocycles. The largest absolute Gasteiger partial charge is 0.481 e. The molecule has 0 spiro atoms. The first-order valence-corrected chi connectivity index (χ1v) is 8.97. The van der Waals surface area contributed by atoms with Gasteiger partial charge in [-0.15, -0.1) is 0 Å². The number of rotatable bonds is 4. The molecule has 2 aliphatic rings. The van der Waals surface area contributed by atoms with Crippen LogP contribution < -0.4 is 4.90 Å². The van der Waals surface area contributed by atoms with Crippen molar-refractivity contribution in [3.8, 4) is 0 Å². The van der Waals surface area contributed by atoms with E-state index in [-0.39, 0.29) is 12.5 Å². The van der Waals surface area contributed by atoms with E-state index in [0.717, 1.165) is 12.0 Å². The molecular formula is C20H22N2O4. The molecule has 1 fully saturated rings. The van der Waals surface area contributed by atoms with Crippen molar-refractivity contribution in [1.29, 1.82) is 0 Å². The summed E-state index contributed by atoms with van der Waals surface area (Å²) in [6, 6.07) is 10.5. The smallest absolute Gasteiger partial charge is 0.308 e. The monoisotopic (exact) mass is 354 g/mol. The predicted octanol–water partition coefficient (Wildman–Crippen LogP) is 2.78. The first kappa shape index (κ1) is 16.7. The Kier molecular flexibility index (Phi) is 4.18. The third kappa shape index (κ3) is 2.85. The Balaban J connectivity index is 1.53. The summed E-state index contributed by atoms with van der Waals surface area (Å²) in [7, 11) is 0. The quantitative estimate of drug-likeness (QED) is 0.914. The number of hydrogen-bond donors (Lipinski definition) is 1. The van der Waals surface area contributed by atoms with Gasteiger partial charge >= 0.3 is 5.97 Å². The van der Waals surface area contributed by atoms with Crippen LogP contribution in [0, 0.1) is 5.92 Å². The number of hydrogen-bond acceptors (Lipinski definition) is 4. The lowest BCUT2D eigenvalue weighted by Gasteiger charge is -2.25. The van der Waals surface area contributed by atoms with Gasteiger partial charge in [0.05, 0.1) is 12.2 Å². The molecule has 1 amide bonds. The molecule has 2 atom stereocenters. The van der Waals surface area contributed by atoms with Gasteiger partial charge in [0, 0.05) is 36.9 Å². The Morgan fingerprint density at radius 3 is 2.85 bits per heavy atom. The minimum absolute atomic E-state index is 0.214. The SMILES string of the molecule is CC1Cc2ccccc2N1Cc1ccoc1C(=O)N1CCC(C(=O)O)C1. The molecule has 1 N–H and O–H groups in total. The summed E-state index contributed by atoms with van der Waals surface area (Å²) < 4.78 is 5.50. The number of carboxylic acids is 1. The summed E-state index contributed by atoms with van der Waals surface area (Å²) in [4.78, 5) is 27.8. The second-order valence-electron chi connectivity index (χ2n) is 7.16. The molecule has 0 bridgehead atoms. The second kappa shape index (κ2) is 6.52. The van der Waals surface area contributed by atoms with E-state index < -0.39 is 11.9 Å². The maximum atomic E-state index is 12.8. The second-order valence-corrected chi connectivity index (χ2v) is 7.16. The van der Waals surface area contributed by atoms with Gasteiger partial charge in [0.2, 0.25) is 0 Å². The van der Waals surface area contributed by atoms with E-state index in [2.05, 4.69) is 24.0 Å². The van der Waals surface area contributed by atoms with Gasteiger partial charge in [0.15, 0.2) is 5.76 Å². The van der Waals surface area contributed by atoms with Gasteiger partial charge in [0.1, 0.15) is 0 Å².